The predicted octanol–water partition coefficient (Wildman–Crippen LogP) is 3.62. The molecule has 0 bridgehead atoms. The van der Waals surface area contributed by atoms with E-state index in [-0.39, 0.29) is 28.2 Å². The van der Waals surface area contributed by atoms with E-state index in [1.165, 1.54) is 31.4 Å². The summed E-state index contributed by atoms with van der Waals surface area (Å²) in [5.74, 6) is -1.10. The molecule has 0 aliphatic heterocycles. The highest BCUT2D eigenvalue weighted by Crippen LogP contribution is 2.38. The first-order chi connectivity index (χ1) is 16.2. The van der Waals surface area contributed by atoms with Crippen molar-refractivity contribution in [3.05, 3.63) is 70.3 Å². The average molecular weight is 469 g/mol. The summed E-state index contributed by atoms with van der Waals surface area (Å²) in [5, 5.41) is 3.54. The normalized spacial score (nSPS) is 11.9. The van der Waals surface area contributed by atoms with Crippen LogP contribution in [0.4, 0.5) is 13.2 Å². The number of hydrogen-bond donors (Lipinski definition) is 2. The van der Waals surface area contributed by atoms with Crippen molar-refractivity contribution >= 4 is 22.7 Å². The number of aromatic nitrogens is 4. The predicted molar refractivity (Wildman–Crippen MR) is 114 cm³/mol. The number of oxazole rings is 1. The monoisotopic (exact) mass is 469 g/mol. The van der Waals surface area contributed by atoms with Crippen LogP contribution in [-0.4, -0.2) is 32.6 Å². The first-order valence-electron chi connectivity index (χ1n) is 9.76. The zero-order chi connectivity index (χ0) is 24.2. The number of halogens is 3. The number of benzene rings is 2. The number of alkyl halides is 3. The molecule has 172 valence electrons. The van der Waals surface area contributed by atoms with E-state index in [4.69, 9.17) is 14.9 Å². The van der Waals surface area contributed by atoms with Crippen LogP contribution in [0.1, 0.15) is 16.2 Å². The number of ether oxygens (including phenoxy) is 1. The number of carbonyl (C=O) groups excluding carboxylic acids is 1. The molecule has 3 N–H and O–H groups in total. The molecule has 2 aromatic carbocycles. The summed E-state index contributed by atoms with van der Waals surface area (Å²) in [6, 6.07) is 12.3. The van der Waals surface area contributed by atoms with Gasteiger partial charge in [0.05, 0.1) is 12.7 Å². The molecule has 5 aromatic rings. The van der Waals surface area contributed by atoms with Crippen molar-refractivity contribution < 1.29 is 27.1 Å². The Bertz CT molecular complexity index is 1630. The Balaban J connectivity index is 1.89. The topological polar surface area (TPSA) is 129 Å². The van der Waals surface area contributed by atoms with Crippen LogP contribution in [0.15, 0.2) is 57.7 Å². The summed E-state index contributed by atoms with van der Waals surface area (Å²) in [6.07, 6.45) is -4.89. The highest BCUT2D eigenvalue weighted by Gasteiger charge is 2.40. The molecular formula is C22H14F3N5O4. The van der Waals surface area contributed by atoms with E-state index in [2.05, 4.69) is 15.1 Å². The molecule has 0 saturated carbocycles. The van der Waals surface area contributed by atoms with Gasteiger partial charge in [-0.05, 0) is 17.7 Å². The fourth-order valence-corrected chi connectivity index (χ4v) is 3.73. The Morgan fingerprint density at radius 2 is 1.85 bits per heavy atom. The van der Waals surface area contributed by atoms with Crippen molar-refractivity contribution in [2.24, 2.45) is 5.73 Å². The van der Waals surface area contributed by atoms with Gasteiger partial charge in [-0.3, -0.25) is 9.59 Å². The Kier molecular flexibility index (Phi) is 4.67. The number of fused-ring (bicyclic) bond motifs is 2. The molecule has 3 aromatic heterocycles. The summed E-state index contributed by atoms with van der Waals surface area (Å²) >= 11 is 0. The SMILES string of the molecule is COc1cccc2oc(-c3c(C(N)=O)[nH]c4c(-c5ccccc5)c(C(F)(F)F)nn4c3=O)nc12. The Morgan fingerprint density at radius 1 is 1.12 bits per heavy atom. The smallest absolute Gasteiger partial charge is 0.435 e. The molecule has 0 spiro atoms. The van der Waals surface area contributed by atoms with E-state index in [0.717, 1.165) is 0 Å². The fraction of sp³-hybridized carbons (Fsp3) is 0.0909. The molecule has 0 fully saturated rings. The lowest BCUT2D eigenvalue weighted by atomic mass is 10.1. The second-order valence-corrected chi connectivity index (χ2v) is 7.22. The third-order valence-corrected chi connectivity index (χ3v) is 5.18. The quantitative estimate of drug-likeness (QED) is 0.414. The van der Waals surface area contributed by atoms with Gasteiger partial charge in [0.2, 0.25) is 5.89 Å². The molecule has 3 heterocycles. The number of nitrogens with zero attached hydrogens (tertiary/aromatic N) is 3. The summed E-state index contributed by atoms with van der Waals surface area (Å²) in [7, 11) is 1.41. The zero-order valence-electron chi connectivity index (χ0n) is 17.3. The lowest BCUT2D eigenvalue weighted by Crippen LogP contribution is -2.25. The maximum atomic E-state index is 13.9. The molecule has 34 heavy (non-hydrogen) atoms. The molecule has 0 saturated heterocycles. The van der Waals surface area contributed by atoms with Crippen molar-refractivity contribution in [1.82, 2.24) is 19.6 Å². The number of primary amides is 1. The van der Waals surface area contributed by atoms with E-state index in [1.807, 2.05) is 0 Å². The van der Waals surface area contributed by atoms with Gasteiger partial charge < -0.3 is 19.9 Å². The van der Waals surface area contributed by atoms with Crippen molar-refractivity contribution in [2.75, 3.05) is 7.11 Å². The molecule has 0 radical (unpaired) electrons. The Hall–Kier alpha value is -4.61. The van der Waals surface area contributed by atoms with Gasteiger partial charge in [-0.25, -0.2) is 4.98 Å². The standard InChI is InChI=1S/C22H14F3N5O4/c1-33-11-8-5-9-12-15(11)28-20(34-12)14-16(18(26)31)27-19-13(10-6-3-2-4-7-10)17(22(23,24)25)29-30(19)21(14)32/h2-9,27H,1H3,(H2,26,31). The van der Waals surface area contributed by atoms with E-state index >= 15 is 0 Å². The first-order valence-corrected chi connectivity index (χ1v) is 9.76. The molecule has 1 amide bonds. The Morgan fingerprint density at radius 3 is 2.50 bits per heavy atom. The van der Waals surface area contributed by atoms with Gasteiger partial charge in [-0.1, -0.05) is 36.4 Å². The van der Waals surface area contributed by atoms with Crippen molar-refractivity contribution in [2.45, 2.75) is 6.18 Å². The van der Waals surface area contributed by atoms with E-state index in [0.29, 0.717) is 10.3 Å². The van der Waals surface area contributed by atoms with Gasteiger partial charge in [0, 0.05) is 0 Å². The minimum Gasteiger partial charge on any atom is -0.494 e. The summed E-state index contributed by atoms with van der Waals surface area (Å²) in [5.41, 5.74) is 2.02. The average Bonchev–Trinajstić information content (AvgIpc) is 3.41. The number of para-hydroxylation sites is 1. The molecule has 0 atom stereocenters. The lowest BCUT2D eigenvalue weighted by Gasteiger charge is -2.07. The lowest BCUT2D eigenvalue weighted by molar-refractivity contribution is -0.140. The third kappa shape index (κ3) is 3.18. The minimum absolute atomic E-state index is 0.134. The van der Waals surface area contributed by atoms with Crippen LogP contribution in [0.3, 0.4) is 0 Å². The van der Waals surface area contributed by atoms with E-state index in [9.17, 15) is 22.8 Å². The molecule has 9 nitrogen and oxygen atoms in total. The number of H-pyrrole nitrogens is 1. The van der Waals surface area contributed by atoms with Crippen LogP contribution in [-0.2, 0) is 6.18 Å². The second kappa shape index (κ2) is 7.47. The van der Waals surface area contributed by atoms with Crippen LogP contribution in [0, 0.1) is 0 Å². The largest absolute Gasteiger partial charge is 0.494 e. The zero-order valence-corrected chi connectivity index (χ0v) is 17.3. The van der Waals surface area contributed by atoms with Gasteiger partial charge in [0.1, 0.15) is 22.7 Å². The number of methoxy groups -OCH3 is 1. The highest BCUT2D eigenvalue weighted by atomic mass is 19.4. The van der Waals surface area contributed by atoms with Gasteiger partial charge in [0.15, 0.2) is 16.8 Å². The molecular weight excluding hydrogens is 455 g/mol. The van der Waals surface area contributed by atoms with Gasteiger partial charge in [-0.2, -0.15) is 22.8 Å². The van der Waals surface area contributed by atoms with E-state index < -0.39 is 40.2 Å². The van der Waals surface area contributed by atoms with Crippen molar-refractivity contribution in [1.29, 1.82) is 0 Å². The minimum atomic E-state index is -4.89. The third-order valence-electron chi connectivity index (χ3n) is 5.18. The Labute approximate surface area is 187 Å². The highest BCUT2D eigenvalue weighted by molar-refractivity contribution is 5.98. The maximum absolute atomic E-state index is 13.9. The summed E-state index contributed by atoms with van der Waals surface area (Å²) in [4.78, 5) is 32.4. The summed E-state index contributed by atoms with van der Waals surface area (Å²) in [6.45, 7) is 0. The van der Waals surface area contributed by atoms with Gasteiger partial charge in [0.25, 0.3) is 11.5 Å². The number of carbonyl (C=O) groups is 1. The van der Waals surface area contributed by atoms with Crippen LogP contribution >= 0.6 is 0 Å². The van der Waals surface area contributed by atoms with Crippen molar-refractivity contribution in [3.8, 4) is 28.3 Å². The van der Waals surface area contributed by atoms with Gasteiger partial charge in [-0.15, -0.1) is 0 Å². The summed E-state index contributed by atoms with van der Waals surface area (Å²) < 4.78 is 53.0. The number of amides is 1. The van der Waals surface area contributed by atoms with Crippen LogP contribution in [0.2, 0.25) is 0 Å². The molecule has 5 rings (SSSR count). The molecule has 0 unspecified atom stereocenters. The number of aromatic amines is 1. The van der Waals surface area contributed by atoms with Crippen LogP contribution in [0.5, 0.6) is 5.75 Å². The fourth-order valence-electron chi connectivity index (χ4n) is 3.73. The molecule has 0 aliphatic carbocycles. The number of rotatable bonds is 4. The van der Waals surface area contributed by atoms with Gasteiger partial charge >= 0.3 is 6.18 Å². The van der Waals surface area contributed by atoms with E-state index in [1.54, 1.807) is 24.3 Å². The van der Waals surface area contributed by atoms with Crippen LogP contribution in [0.25, 0.3) is 39.3 Å². The van der Waals surface area contributed by atoms with Crippen LogP contribution < -0.4 is 16.0 Å². The van der Waals surface area contributed by atoms with Crippen molar-refractivity contribution in [3.63, 3.8) is 0 Å². The number of hydrogen-bond acceptors (Lipinski definition) is 6. The number of nitrogens with two attached hydrogens (primary N) is 1. The molecule has 12 heteroatoms. The first kappa shape index (κ1) is 21.2. The second-order valence-electron chi connectivity index (χ2n) is 7.22. The number of nitrogens with one attached hydrogen (secondary N) is 1. The molecule has 0 aliphatic rings. The maximum Gasteiger partial charge on any atom is 0.435 e.